The number of halogens is 2. The van der Waals surface area contributed by atoms with Gasteiger partial charge < -0.3 is 5.32 Å². The summed E-state index contributed by atoms with van der Waals surface area (Å²) in [6, 6.07) is 6.35. The second kappa shape index (κ2) is 10.8. The summed E-state index contributed by atoms with van der Waals surface area (Å²) in [4.78, 5) is 40.0. The van der Waals surface area contributed by atoms with Crippen molar-refractivity contribution in [2.24, 2.45) is 0 Å². The van der Waals surface area contributed by atoms with Crippen LogP contribution in [0, 0.1) is 31.0 Å². The number of hydrogen-bond acceptors (Lipinski definition) is 7. The Morgan fingerprint density at radius 2 is 2.02 bits per heavy atom. The third-order valence-corrected chi connectivity index (χ3v) is 7.07. The van der Waals surface area contributed by atoms with Gasteiger partial charge in [0.25, 0.3) is 5.91 Å². The van der Waals surface area contributed by atoms with Gasteiger partial charge in [-0.2, -0.15) is 10.4 Å². The first-order valence-electron chi connectivity index (χ1n) is 12.5. The van der Waals surface area contributed by atoms with E-state index in [1.54, 1.807) is 28.9 Å². The first-order valence-corrected chi connectivity index (χ1v) is 12.9. The fourth-order valence-corrected chi connectivity index (χ4v) is 4.77. The number of amides is 2. The monoisotopic (exact) mass is 558 g/mol. The van der Waals surface area contributed by atoms with E-state index in [1.165, 1.54) is 24.5 Å². The van der Waals surface area contributed by atoms with Crippen LogP contribution in [0.5, 0.6) is 0 Å². The zero-order chi connectivity index (χ0) is 28.6. The molecule has 40 heavy (non-hydrogen) atoms. The molecule has 1 aromatic carbocycles. The van der Waals surface area contributed by atoms with E-state index in [9.17, 15) is 19.2 Å². The normalized spacial score (nSPS) is 13.8. The molecule has 0 saturated carbocycles. The number of pyridine rings is 1. The van der Waals surface area contributed by atoms with E-state index in [0.717, 1.165) is 17.5 Å². The zero-order valence-corrected chi connectivity index (χ0v) is 22.7. The molecule has 1 N–H and O–H groups in total. The maximum Gasteiger partial charge on any atom is 0.276 e. The van der Waals surface area contributed by atoms with Crippen LogP contribution in [0.25, 0.3) is 11.3 Å². The summed E-state index contributed by atoms with van der Waals surface area (Å²) in [6.45, 7) is 6.14. The van der Waals surface area contributed by atoms with E-state index in [0.29, 0.717) is 30.2 Å². The summed E-state index contributed by atoms with van der Waals surface area (Å²) in [5.41, 5.74) is 2.39. The van der Waals surface area contributed by atoms with Gasteiger partial charge in [-0.1, -0.05) is 11.6 Å². The lowest BCUT2D eigenvalue weighted by Crippen LogP contribution is -2.25. The molecule has 1 saturated heterocycles. The number of anilines is 2. The van der Waals surface area contributed by atoms with Crippen LogP contribution in [-0.2, 0) is 4.79 Å². The summed E-state index contributed by atoms with van der Waals surface area (Å²) in [5, 5.41) is 16.4. The molecular formula is C28H24ClFN8O2. The van der Waals surface area contributed by atoms with Crippen LogP contribution in [-0.4, -0.2) is 43.1 Å². The van der Waals surface area contributed by atoms with Crippen molar-refractivity contribution in [1.82, 2.24) is 24.7 Å². The van der Waals surface area contributed by atoms with E-state index in [2.05, 4.69) is 25.4 Å². The molecule has 202 valence electrons. The Morgan fingerprint density at radius 1 is 1.23 bits per heavy atom. The van der Waals surface area contributed by atoms with Crippen molar-refractivity contribution in [2.75, 3.05) is 16.8 Å². The Kier molecular flexibility index (Phi) is 7.28. The zero-order valence-electron chi connectivity index (χ0n) is 21.9. The van der Waals surface area contributed by atoms with Gasteiger partial charge in [-0.3, -0.25) is 24.2 Å². The Labute approximate surface area is 234 Å². The molecule has 3 aromatic heterocycles. The van der Waals surface area contributed by atoms with E-state index in [4.69, 9.17) is 11.6 Å². The minimum Gasteiger partial charge on any atom is -0.318 e. The van der Waals surface area contributed by atoms with E-state index < -0.39 is 11.7 Å². The first-order chi connectivity index (χ1) is 19.2. The van der Waals surface area contributed by atoms with Gasteiger partial charge in [0.05, 0.1) is 57.7 Å². The van der Waals surface area contributed by atoms with E-state index in [-0.39, 0.29) is 39.5 Å². The van der Waals surface area contributed by atoms with Gasteiger partial charge in [-0.15, -0.1) is 0 Å². The van der Waals surface area contributed by atoms with Crippen LogP contribution in [0.1, 0.15) is 58.7 Å². The topological polar surface area (TPSA) is 130 Å². The largest absolute Gasteiger partial charge is 0.318 e. The van der Waals surface area contributed by atoms with Gasteiger partial charge in [-0.05, 0) is 56.5 Å². The number of aryl methyl sites for hydroxylation is 2. The maximum absolute atomic E-state index is 14.8. The second-order valence-electron chi connectivity index (χ2n) is 9.48. The first kappa shape index (κ1) is 26.9. The van der Waals surface area contributed by atoms with Crippen LogP contribution in [0.3, 0.4) is 0 Å². The molecule has 4 aromatic rings. The molecule has 1 atom stereocenters. The summed E-state index contributed by atoms with van der Waals surface area (Å²) in [6.07, 6.45) is 7.56. The Hall–Kier alpha value is -4.69. The smallest absolute Gasteiger partial charge is 0.276 e. The third-order valence-electron chi connectivity index (χ3n) is 6.78. The number of benzene rings is 1. The van der Waals surface area contributed by atoms with E-state index >= 15 is 0 Å². The molecule has 1 aliphatic heterocycles. The Bertz CT molecular complexity index is 1700. The number of aromatic nitrogens is 5. The average molecular weight is 559 g/mol. The van der Waals surface area contributed by atoms with Crippen molar-refractivity contribution in [1.29, 1.82) is 5.26 Å². The Balaban J connectivity index is 1.36. The lowest BCUT2D eigenvalue weighted by Gasteiger charge is -2.19. The SMILES string of the molecule is Cc1cc(C(C)n2cc(NC(=O)c3nc(-c4c(C#N)ccc(Cl)c4F)cnc3C)cn2)cnc1N1CCCC1=O. The summed E-state index contributed by atoms with van der Waals surface area (Å²) >= 11 is 5.92. The molecule has 0 radical (unpaired) electrons. The number of nitrogens with zero attached hydrogens (tertiary/aromatic N) is 7. The van der Waals surface area contributed by atoms with Gasteiger partial charge in [-0.25, -0.2) is 14.4 Å². The molecule has 2 amide bonds. The number of nitrogens with one attached hydrogen (secondary N) is 1. The van der Waals surface area contributed by atoms with Crippen molar-refractivity contribution in [3.63, 3.8) is 0 Å². The maximum atomic E-state index is 14.8. The number of hydrogen-bond donors (Lipinski definition) is 1. The predicted octanol–water partition coefficient (Wildman–Crippen LogP) is 5.00. The van der Waals surface area contributed by atoms with Crippen molar-refractivity contribution in [2.45, 2.75) is 39.7 Å². The fraction of sp³-hybridized carbons (Fsp3) is 0.250. The van der Waals surface area contributed by atoms with Crippen LogP contribution in [0.15, 0.2) is 43.0 Å². The van der Waals surface area contributed by atoms with Crippen molar-refractivity contribution in [3.05, 3.63) is 81.9 Å². The van der Waals surface area contributed by atoms with Crippen LogP contribution < -0.4 is 10.2 Å². The number of carbonyl (C=O) groups is 2. The van der Waals surface area contributed by atoms with Gasteiger partial charge >= 0.3 is 0 Å². The molecule has 0 bridgehead atoms. The van der Waals surface area contributed by atoms with E-state index in [1.807, 2.05) is 26.0 Å². The molecule has 12 heteroatoms. The quantitative estimate of drug-likeness (QED) is 0.352. The molecule has 1 aliphatic rings. The van der Waals surface area contributed by atoms with Crippen LogP contribution in [0.4, 0.5) is 15.9 Å². The summed E-state index contributed by atoms with van der Waals surface area (Å²) < 4.78 is 16.5. The van der Waals surface area contributed by atoms with Crippen LogP contribution in [0.2, 0.25) is 5.02 Å². The number of carbonyl (C=O) groups excluding carboxylic acids is 2. The van der Waals surface area contributed by atoms with Crippen LogP contribution >= 0.6 is 11.6 Å². The van der Waals surface area contributed by atoms with Gasteiger partial charge in [0.1, 0.15) is 11.5 Å². The van der Waals surface area contributed by atoms with Gasteiger partial charge in [0, 0.05) is 25.4 Å². The highest BCUT2D eigenvalue weighted by atomic mass is 35.5. The molecule has 0 aliphatic carbocycles. The third kappa shape index (κ3) is 5.01. The number of nitriles is 1. The van der Waals surface area contributed by atoms with Crippen molar-refractivity contribution >= 4 is 34.9 Å². The minimum absolute atomic E-state index is 0.0126. The Morgan fingerprint density at radius 3 is 2.73 bits per heavy atom. The average Bonchev–Trinajstić information content (AvgIpc) is 3.59. The molecular weight excluding hydrogens is 535 g/mol. The highest BCUT2D eigenvalue weighted by Gasteiger charge is 2.25. The summed E-state index contributed by atoms with van der Waals surface area (Å²) in [7, 11) is 0. The van der Waals surface area contributed by atoms with Gasteiger partial charge in [0.2, 0.25) is 5.91 Å². The fourth-order valence-electron chi connectivity index (χ4n) is 4.61. The lowest BCUT2D eigenvalue weighted by atomic mass is 10.0. The van der Waals surface area contributed by atoms with Gasteiger partial charge in [0.15, 0.2) is 5.82 Å². The molecule has 10 nitrogen and oxygen atoms in total. The molecule has 1 fully saturated rings. The lowest BCUT2D eigenvalue weighted by molar-refractivity contribution is -0.117. The minimum atomic E-state index is -0.815. The number of rotatable bonds is 6. The summed E-state index contributed by atoms with van der Waals surface area (Å²) in [5.74, 6) is -0.634. The van der Waals surface area contributed by atoms with Crippen molar-refractivity contribution in [3.8, 4) is 17.3 Å². The molecule has 4 heterocycles. The molecule has 5 rings (SSSR count). The highest BCUT2D eigenvalue weighted by molar-refractivity contribution is 6.31. The predicted molar refractivity (Wildman–Crippen MR) is 146 cm³/mol. The molecule has 1 unspecified atom stereocenters. The highest BCUT2D eigenvalue weighted by Crippen LogP contribution is 2.30. The van der Waals surface area contributed by atoms with Crippen molar-refractivity contribution < 1.29 is 14.0 Å². The second-order valence-corrected chi connectivity index (χ2v) is 9.89. The standard InChI is InChI=1S/C28H24ClFN8O2/c1-15-9-19(11-33-27(15)37-8-4-5-23(37)39)17(3)38-14-20(12-34-38)35-28(40)26-16(2)32-13-22(36-26)24-18(10-31)6-7-21(29)25(24)30/h6-7,9,11-14,17H,4-5,8H2,1-3H3,(H,35,40). The molecule has 0 spiro atoms.